The maximum Gasteiger partial charge on any atom is 0.263 e. The normalized spacial score (nSPS) is 19.3. The molecule has 0 radical (unpaired) electrons. The average Bonchev–Trinajstić information content (AvgIpc) is 3.22. The van der Waals surface area contributed by atoms with Crippen molar-refractivity contribution in [2.45, 2.75) is 45.6 Å². The van der Waals surface area contributed by atoms with Gasteiger partial charge in [0.05, 0.1) is 30.2 Å². The smallest absolute Gasteiger partial charge is 0.263 e. The summed E-state index contributed by atoms with van der Waals surface area (Å²) >= 11 is 0. The first-order valence-electron chi connectivity index (χ1n) is 11.9. The minimum atomic E-state index is -2.57. The second kappa shape index (κ2) is 7.77. The lowest BCUT2D eigenvalue weighted by molar-refractivity contribution is -0.127. The summed E-state index contributed by atoms with van der Waals surface area (Å²) in [5.74, 6) is 1.42. The van der Waals surface area contributed by atoms with Crippen molar-refractivity contribution in [2.75, 3.05) is 42.3 Å². The zero-order valence-electron chi connectivity index (χ0n) is 19.5. The Kier molecular flexibility index (Phi) is 4.92. The van der Waals surface area contributed by atoms with E-state index in [0.29, 0.717) is 22.5 Å². The van der Waals surface area contributed by atoms with Gasteiger partial charge in [-0.05, 0) is 74.1 Å². The molecule has 3 aromatic rings. The second-order valence-electron chi connectivity index (χ2n) is 10.2. The fraction of sp³-hybridized carbons (Fsp3) is 0.462. The molecule has 2 aliphatic heterocycles. The molecule has 2 aromatic carbocycles. The Morgan fingerprint density at radius 2 is 1.79 bits per heavy atom. The summed E-state index contributed by atoms with van der Waals surface area (Å²) < 4.78 is 32.1. The lowest BCUT2D eigenvalue weighted by Crippen LogP contribution is -2.66. The van der Waals surface area contributed by atoms with Crippen LogP contribution in [0.25, 0.3) is 10.9 Å². The van der Waals surface area contributed by atoms with Gasteiger partial charge in [-0.25, -0.2) is 18.7 Å². The molecule has 0 amide bonds. The molecule has 0 unspecified atom stereocenters. The molecule has 0 saturated carbocycles. The molecule has 3 N–H and O–H groups in total. The topological polar surface area (TPSA) is 76.3 Å². The fourth-order valence-electron chi connectivity index (χ4n) is 5.73. The molecular formula is C26H29F2N5O. The van der Waals surface area contributed by atoms with Crippen LogP contribution in [0.1, 0.15) is 53.9 Å². The summed E-state index contributed by atoms with van der Waals surface area (Å²) in [5, 5.41) is 4.46. The number of hydrogen-bond donors (Lipinski definition) is 2. The Morgan fingerprint density at radius 3 is 2.50 bits per heavy atom. The Balaban J connectivity index is 1.40. The zero-order valence-corrected chi connectivity index (χ0v) is 19.5. The second-order valence-corrected chi connectivity index (χ2v) is 10.2. The van der Waals surface area contributed by atoms with Gasteiger partial charge < -0.3 is 20.7 Å². The van der Waals surface area contributed by atoms with Gasteiger partial charge in [0.2, 0.25) is 0 Å². The highest BCUT2D eigenvalue weighted by molar-refractivity contribution is 5.96. The van der Waals surface area contributed by atoms with E-state index in [9.17, 15) is 8.78 Å². The third-order valence-corrected chi connectivity index (χ3v) is 7.47. The molecule has 1 aromatic heterocycles. The van der Waals surface area contributed by atoms with Gasteiger partial charge in [-0.2, -0.15) is 0 Å². The lowest BCUT2D eigenvalue weighted by Gasteiger charge is -2.56. The summed E-state index contributed by atoms with van der Waals surface area (Å²) in [7, 11) is 0. The van der Waals surface area contributed by atoms with Crippen LogP contribution in [0.5, 0.6) is 0 Å². The zero-order chi connectivity index (χ0) is 23.6. The van der Waals surface area contributed by atoms with E-state index in [2.05, 4.69) is 16.3 Å². The quantitative estimate of drug-likeness (QED) is 0.519. The number of hydrogen-bond acceptors (Lipinski definition) is 6. The van der Waals surface area contributed by atoms with Gasteiger partial charge in [0.15, 0.2) is 0 Å². The summed E-state index contributed by atoms with van der Waals surface area (Å²) in [4.78, 5) is 12.0. The third-order valence-electron chi connectivity index (χ3n) is 7.47. The molecule has 8 heteroatoms. The molecule has 1 aliphatic carbocycles. The van der Waals surface area contributed by atoms with Crippen molar-refractivity contribution in [1.82, 2.24) is 9.97 Å². The van der Waals surface area contributed by atoms with Crippen LogP contribution in [0, 0.1) is 12.3 Å². The molecule has 0 bridgehead atoms. The van der Waals surface area contributed by atoms with E-state index < -0.39 is 6.43 Å². The van der Waals surface area contributed by atoms with Crippen LogP contribution in [-0.4, -0.2) is 36.3 Å². The van der Waals surface area contributed by atoms with Crippen molar-refractivity contribution in [3.8, 4) is 0 Å². The van der Waals surface area contributed by atoms with Gasteiger partial charge in [-0.1, -0.05) is 0 Å². The van der Waals surface area contributed by atoms with E-state index in [-0.39, 0.29) is 11.6 Å². The number of nitrogen functional groups attached to an aromatic ring is 1. The molecule has 1 atom stereocenters. The van der Waals surface area contributed by atoms with Crippen molar-refractivity contribution < 1.29 is 13.5 Å². The van der Waals surface area contributed by atoms with Crippen molar-refractivity contribution in [3.05, 3.63) is 52.3 Å². The van der Waals surface area contributed by atoms with Gasteiger partial charge in [0.1, 0.15) is 11.6 Å². The first kappa shape index (κ1) is 21.5. The van der Waals surface area contributed by atoms with Gasteiger partial charge in [-0.15, -0.1) is 0 Å². The molecular weight excluding hydrogens is 436 g/mol. The van der Waals surface area contributed by atoms with Crippen LogP contribution in [0.3, 0.4) is 0 Å². The van der Waals surface area contributed by atoms with Crippen molar-refractivity contribution >= 4 is 28.1 Å². The fourth-order valence-corrected chi connectivity index (χ4v) is 5.73. The molecule has 2 saturated heterocycles. The highest BCUT2D eigenvalue weighted by atomic mass is 19.3. The molecule has 3 heterocycles. The number of nitrogens with one attached hydrogen (secondary N) is 1. The Morgan fingerprint density at radius 1 is 1.06 bits per heavy atom. The number of benzene rings is 2. The number of nitrogens with zero attached hydrogens (tertiary/aromatic N) is 3. The number of aromatic nitrogens is 2. The summed E-state index contributed by atoms with van der Waals surface area (Å²) in [6.07, 6.45) is 0.649. The molecule has 6 rings (SSSR count). The van der Waals surface area contributed by atoms with E-state index in [4.69, 9.17) is 20.4 Å². The lowest BCUT2D eigenvalue weighted by atomic mass is 9.77. The molecule has 2 fully saturated rings. The molecule has 34 heavy (non-hydrogen) atoms. The summed E-state index contributed by atoms with van der Waals surface area (Å²) in [6, 6.07) is 6.55. The number of alkyl halides is 2. The minimum Gasteiger partial charge on any atom is -0.399 e. The maximum atomic E-state index is 13.3. The Labute approximate surface area is 197 Å². The van der Waals surface area contributed by atoms with E-state index in [0.717, 1.165) is 62.3 Å². The largest absolute Gasteiger partial charge is 0.399 e. The Hall–Kier alpha value is -3.00. The van der Waals surface area contributed by atoms with Gasteiger partial charge >= 0.3 is 0 Å². The average molecular weight is 466 g/mol. The molecule has 1 spiro atoms. The first-order chi connectivity index (χ1) is 16.3. The van der Waals surface area contributed by atoms with Crippen molar-refractivity contribution in [3.63, 3.8) is 0 Å². The predicted octanol–water partition coefficient (Wildman–Crippen LogP) is 4.96. The van der Waals surface area contributed by atoms with Crippen LogP contribution in [0.2, 0.25) is 0 Å². The number of fused-ring (bicyclic) bond motifs is 3. The standard InChI is InChI=1S/C26H29F2N5O/c1-14(16-6-17(24(27)28)8-18(29)7-16)30-25-21-9-22(33-10-26(11-33)12-34-13-26)19-4-3-5-20(19)23(21)31-15(2)32-25/h6-9,14,24H,3-5,10-13,29H2,1-2H3,(H,30,31,32)/t14-/m1/s1. The number of halogens is 2. The Bertz CT molecular complexity index is 1280. The van der Waals surface area contributed by atoms with E-state index >= 15 is 0 Å². The highest BCUT2D eigenvalue weighted by Gasteiger charge is 2.49. The number of aryl methyl sites for hydroxylation is 2. The monoisotopic (exact) mass is 465 g/mol. The highest BCUT2D eigenvalue weighted by Crippen LogP contribution is 2.46. The first-order valence-corrected chi connectivity index (χ1v) is 11.9. The minimum absolute atomic E-state index is 0.0702. The number of rotatable bonds is 5. The van der Waals surface area contributed by atoms with Crippen LogP contribution in [0.15, 0.2) is 24.3 Å². The van der Waals surface area contributed by atoms with Crippen LogP contribution >= 0.6 is 0 Å². The number of ether oxygens (including phenoxy) is 1. The maximum absolute atomic E-state index is 13.3. The van der Waals surface area contributed by atoms with Crippen LogP contribution in [0.4, 0.5) is 26.0 Å². The number of nitrogens with two attached hydrogens (primary N) is 1. The summed E-state index contributed by atoms with van der Waals surface area (Å²) in [5.41, 5.74) is 12.2. The molecule has 178 valence electrons. The molecule has 6 nitrogen and oxygen atoms in total. The number of anilines is 3. The van der Waals surface area contributed by atoms with Gasteiger partial charge in [0, 0.05) is 35.4 Å². The third kappa shape index (κ3) is 3.47. The van der Waals surface area contributed by atoms with E-state index in [1.807, 2.05) is 13.8 Å². The van der Waals surface area contributed by atoms with Gasteiger partial charge in [-0.3, -0.25) is 0 Å². The summed E-state index contributed by atoms with van der Waals surface area (Å²) in [6.45, 7) is 7.60. The van der Waals surface area contributed by atoms with Crippen molar-refractivity contribution in [2.24, 2.45) is 5.41 Å². The van der Waals surface area contributed by atoms with Gasteiger partial charge in [0.25, 0.3) is 6.43 Å². The van der Waals surface area contributed by atoms with Crippen molar-refractivity contribution in [1.29, 1.82) is 0 Å². The SMILES string of the molecule is Cc1nc(N[C@H](C)c2cc(N)cc(C(F)F)c2)c2cc(N3CC4(COC4)C3)c3c(c2n1)CCC3. The van der Waals surface area contributed by atoms with Crippen LogP contribution < -0.4 is 16.0 Å². The van der Waals surface area contributed by atoms with E-state index in [1.165, 1.54) is 28.9 Å². The predicted molar refractivity (Wildman–Crippen MR) is 130 cm³/mol. The van der Waals surface area contributed by atoms with Crippen LogP contribution in [-0.2, 0) is 17.6 Å². The molecule has 3 aliphatic rings. The van der Waals surface area contributed by atoms with E-state index in [1.54, 1.807) is 6.07 Å².